The number of piperidine rings is 1. The van der Waals surface area contributed by atoms with Gasteiger partial charge in [-0.3, -0.25) is 9.78 Å². The first kappa shape index (κ1) is 23.8. The number of aryl methyl sites for hydroxylation is 2. The molecule has 1 aliphatic heterocycles. The second kappa shape index (κ2) is 8.92. The van der Waals surface area contributed by atoms with Crippen LogP contribution in [-0.2, 0) is 4.74 Å². The number of nitrogens with one attached hydrogen (secondary N) is 2. The van der Waals surface area contributed by atoms with Crippen LogP contribution in [0.4, 0.5) is 10.7 Å². The standard InChI is InChI=1S/C26H31N7O3/c1-15-12-21(31-33-14-16(2)27-22(15)33)17-6-7-20-19(13-17)23(34)30-24(29-20)28-18-8-10-32(11-9-18)25(35)36-26(3,4)5/h6-7,12-14,18H,8-11H2,1-5H3,(H2,28,29,30,34). The van der Waals surface area contributed by atoms with Gasteiger partial charge in [0.25, 0.3) is 5.56 Å². The van der Waals surface area contributed by atoms with E-state index in [9.17, 15) is 9.59 Å². The number of ether oxygens (including phenoxy) is 1. The molecule has 5 rings (SSSR count). The minimum absolute atomic E-state index is 0.0982. The summed E-state index contributed by atoms with van der Waals surface area (Å²) in [6.07, 6.45) is 3.07. The third kappa shape index (κ3) is 4.89. The second-order valence-corrected chi connectivity index (χ2v) is 10.4. The Hall–Kier alpha value is -3.95. The Morgan fingerprint density at radius 1 is 1.14 bits per heavy atom. The second-order valence-electron chi connectivity index (χ2n) is 10.4. The van der Waals surface area contributed by atoms with Crippen molar-refractivity contribution in [1.82, 2.24) is 29.5 Å². The maximum Gasteiger partial charge on any atom is 0.410 e. The molecule has 36 heavy (non-hydrogen) atoms. The lowest BCUT2D eigenvalue weighted by atomic mass is 10.1. The molecule has 0 atom stereocenters. The summed E-state index contributed by atoms with van der Waals surface area (Å²) >= 11 is 0. The van der Waals surface area contributed by atoms with Crippen molar-refractivity contribution in [2.45, 2.75) is 59.1 Å². The van der Waals surface area contributed by atoms with Gasteiger partial charge in [0, 0.05) is 24.7 Å². The van der Waals surface area contributed by atoms with Crippen molar-refractivity contribution in [3.8, 4) is 11.3 Å². The molecule has 4 aromatic rings. The Labute approximate surface area is 208 Å². The molecule has 2 N–H and O–H groups in total. The number of hydrogen-bond acceptors (Lipinski definition) is 7. The van der Waals surface area contributed by atoms with Crippen LogP contribution in [-0.4, -0.2) is 60.3 Å². The van der Waals surface area contributed by atoms with E-state index >= 15 is 0 Å². The molecule has 0 bridgehead atoms. The number of H-pyrrole nitrogens is 1. The molecule has 10 heteroatoms. The summed E-state index contributed by atoms with van der Waals surface area (Å²) in [5, 5.41) is 8.50. The Morgan fingerprint density at radius 2 is 1.89 bits per heavy atom. The van der Waals surface area contributed by atoms with Gasteiger partial charge in [0.05, 0.1) is 28.5 Å². The van der Waals surface area contributed by atoms with Crippen LogP contribution >= 0.6 is 0 Å². The molecule has 1 aromatic carbocycles. The van der Waals surface area contributed by atoms with Gasteiger partial charge in [-0.2, -0.15) is 5.10 Å². The van der Waals surface area contributed by atoms with Gasteiger partial charge in [-0.05, 0) is 71.2 Å². The van der Waals surface area contributed by atoms with Gasteiger partial charge in [0.2, 0.25) is 5.95 Å². The average Bonchev–Trinajstić information content (AvgIpc) is 3.19. The summed E-state index contributed by atoms with van der Waals surface area (Å²) in [5.41, 5.74) is 4.21. The SMILES string of the molecule is Cc1cn2nc(-c3ccc4nc(NC5CCN(C(=O)OC(C)(C)C)CC5)[nH]c(=O)c4c3)cc(C)c2n1. The molecule has 188 valence electrons. The molecule has 1 saturated heterocycles. The normalized spacial score (nSPS) is 15.0. The van der Waals surface area contributed by atoms with Crippen molar-refractivity contribution in [2.75, 3.05) is 18.4 Å². The van der Waals surface area contributed by atoms with Gasteiger partial charge < -0.3 is 15.0 Å². The summed E-state index contributed by atoms with van der Waals surface area (Å²) in [5.74, 6) is 0.431. The van der Waals surface area contributed by atoms with Crippen molar-refractivity contribution in [3.63, 3.8) is 0 Å². The molecule has 3 aromatic heterocycles. The van der Waals surface area contributed by atoms with E-state index in [1.807, 2.05) is 65.1 Å². The van der Waals surface area contributed by atoms with Crippen molar-refractivity contribution in [3.05, 3.63) is 52.1 Å². The first-order chi connectivity index (χ1) is 17.1. The number of carbonyl (C=O) groups excluding carboxylic acids is 1. The Balaban J connectivity index is 1.32. The van der Waals surface area contributed by atoms with E-state index in [2.05, 4.69) is 25.4 Å². The predicted molar refractivity (Wildman–Crippen MR) is 138 cm³/mol. The number of anilines is 1. The highest BCUT2D eigenvalue weighted by Crippen LogP contribution is 2.24. The number of benzene rings is 1. The zero-order valence-electron chi connectivity index (χ0n) is 21.3. The van der Waals surface area contributed by atoms with Crippen molar-refractivity contribution in [1.29, 1.82) is 0 Å². The number of nitrogens with zero attached hydrogens (tertiary/aromatic N) is 5. The molecule has 0 spiro atoms. The molecule has 4 heterocycles. The minimum Gasteiger partial charge on any atom is -0.444 e. The van der Waals surface area contributed by atoms with Gasteiger partial charge in [0.1, 0.15) is 5.60 Å². The monoisotopic (exact) mass is 489 g/mol. The third-order valence-electron chi connectivity index (χ3n) is 6.22. The molecule has 0 unspecified atom stereocenters. The average molecular weight is 490 g/mol. The summed E-state index contributed by atoms with van der Waals surface area (Å²) in [7, 11) is 0. The van der Waals surface area contributed by atoms with Gasteiger partial charge in [0.15, 0.2) is 5.65 Å². The summed E-state index contributed by atoms with van der Waals surface area (Å²) < 4.78 is 7.23. The smallest absolute Gasteiger partial charge is 0.410 e. The maximum atomic E-state index is 12.9. The van der Waals surface area contributed by atoms with Crippen LogP contribution in [0.25, 0.3) is 27.8 Å². The highest BCUT2D eigenvalue weighted by molar-refractivity contribution is 5.84. The lowest BCUT2D eigenvalue weighted by Crippen LogP contribution is -2.44. The molecule has 0 radical (unpaired) electrons. The maximum absolute atomic E-state index is 12.9. The zero-order chi connectivity index (χ0) is 25.6. The van der Waals surface area contributed by atoms with E-state index in [1.165, 1.54) is 0 Å². The minimum atomic E-state index is -0.513. The number of fused-ring (bicyclic) bond motifs is 2. The highest BCUT2D eigenvalue weighted by atomic mass is 16.6. The lowest BCUT2D eigenvalue weighted by molar-refractivity contribution is 0.0210. The molecule has 1 aliphatic rings. The number of aromatic nitrogens is 5. The Kier molecular flexibility index (Phi) is 5.89. The summed E-state index contributed by atoms with van der Waals surface area (Å²) in [4.78, 5) is 39.0. The molecular weight excluding hydrogens is 458 g/mol. The number of imidazole rings is 1. The Morgan fingerprint density at radius 3 is 2.61 bits per heavy atom. The third-order valence-corrected chi connectivity index (χ3v) is 6.22. The van der Waals surface area contributed by atoms with Crippen LogP contribution in [0.2, 0.25) is 0 Å². The first-order valence-corrected chi connectivity index (χ1v) is 12.2. The van der Waals surface area contributed by atoms with E-state index in [-0.39, 0.29) is 17.7 Å². The van der Waals surface area contributed by atoms with Gasteiger partial charge >= 0.3 is 6.09 Å². The van der Waals surface area contributed by atoms with Gasteiger partial charge in [-0.1, -0.05) is 6.07 Å². The fourth-order valence-corrected chi connectivity index (χ4v) is 4.48. The number of amides is 1. The largest absolute Gasteiger partial charge is 0.444 e. The summed E-state index contributed by atoms with van der Waals surface area (Å²) in [6, 6.07) is 7.67. The first-order valence-electron chi connectivity index (χ1n) is 12.2. The fraction of sp³-hybridized carbons (Fsp3) is 0.423. The number of rotatable bonds is 3. The number of carbonyl (C=O) groups is 1. The zero-order valence-corrected chi connectivity index (χ0v) is 21.3. The van der Waals surface area contributed by atoms with Crippen LogP contribution in [0, 0.1) is 13.8 Å². The van der Waals surface area contributed by atoms with Crippen molar-refractivity contribution in [2.24, 2.45) is 0 Å². The van der Waals surface area contributed by atoms with Crippen LogP contribution in [0.3, 0.4) is 0 Å². The molecule has 0 aliphatic carbocycles. The van der Waals surface area contributed by atoms with E-state index in [0.717, 1.165) is 41.0 Å². The lowest BCUT2D eigenvalue weighted by Gasteiger charge is -2.33. The van der Waals surface area contributed by atoms with E-state index in [0.29, 0.717) is 29.9 Å². The van der Waals surface area contributed by atoms with Crippen LogP contribution in [0.1, 0.15) is 44.9 Å². The topological polar surface area (TPSA) is 118 Å². The van der Waals surface area contributed by atoms with E-state index in [4.69, 9.17) is 4.74 Å². The van der Waals surface area contributed by atoms with Crippen molar-refractivity contribution >= 4 is 28.6 Å². The molecule has 0 saturated carbocycles. The summed E-state index contributed by atoms with van der Waals surface area (Å²) in [6.45, 7) is 10.7. The van der Waals surface area contributed by atoms with Gasteiger partial charge in [-0.25, -0.2) is 19.3 Å². The van der Waals surface area contributed by atoms with Crippen LogP contribution in [0.5, 0.6) is 0 Å². The molecule has 1 amide bonds. The molecular formula is C26H31N7O3. The molecule has 10 nitrogen and oxygen atoms in total. The van der Waals surface area contributed by atoms with Crippen LogP contribution in [0.15, 0.2) is 35.3 Å². The van der Waals surface area contributed by atoms with E-state index in [1.54, 1.807) is 9.42 Å². The molecule has 1 fully saturated rings. The Bertz CT molecular complexity index is 1510. The number of aromatic amines is 1. The highest BCUT2D eigenvalue weighted by Gasteiger charge is 2.27. The van der Waals surface area contributed by atoms with Crippen molar-refractivity contribution < 1.29 is 9.53 Å². The number of likely N-dealkylation sites (tertiary alicyclic amines) is 1. The number of hydrogen-bond donors (Lipinski definition) is 2. The van der Waals surface area contributed by atoms with Gasteiger partial charge in [-0.15, -0.1) is 0 Å². The van der Waals surface area contributed by atoms with E-state index < -0.39 is 5.60 Å². The predicted octanol–water partition coefficient (Wildman–Crippen LogP) is 4.06. The fourth-order valence-electron chi connectivity index (χ4n) is 4.48. The van der Waals surface area contributed by atoms with Crippen LogP contribution < -0.4 is 10.9 Å². The quantitative estimate of drug-likeness (QED) is 0.446.